The molecule has 0 aromatic heterocycles. The van der Waals surface area contributed by atoms with Crippen LogP contribution in [0.4, 0.5) is 8.78 Å². The monoisotopic (exact) mass is 275 g/mol. The number of nitrogens with zero attached hydrogens (tertiary/aromatic N) is 1. The molecule has 0 bridgehead atoms. The number of aliphatic hydroxyl groups excluding tert-OH is 1. The standard InChI is InChI=1S/C13H19F2NO3/c1-16(7-8-18-2)9-12(17)10-3-5-11(6-4-10)19-13(14)15/h3-6,12-13,17H,7-9H2,1-2H3. The fourth-order valence-electron chi connectivity index (χ4n) is 1.61. The molecule has 1 atom stereocenters. The van der Waals surface area contributed by atoms with E-state index in [9.17, 15) is 13.9 Å². The summed E-state index contributed by atoms with van der Waals surface area (Å²) in [4.78, 5) is 1.93. The Labute approximate surface area is 111 Å². The van der Waals surface area contributed by atoms with Gasteiger partial charge in [0.1, 0.15) is 5.75 Å². The average Bonchev–Trinajstić information content (AvgIpc) is 2.36. The maximum absolute atomic E-state index is 12.0. The number of methoxy groups -OCH3 is 1. The molecule has 0 aliphatic heterocycles. The van der Waals surface area contributed by atoms with Crippen molar-refractivity contribution < 1.29 is 23.4 Å². The fourth-order valence-corrected chi connectivity index (χ4v) is 1.61. The molecule has 1 aromatic carbocycles. The van der Waals surface area contributed by atoms with Crippen molar-refractivity contribution in [2.24, 2.45) is 0 Å². The maximum atomic E-state index is 12.0. The van der Waals surface area contributed by atoms with Crippen LogP contribution in [-0.4, -0.2) is 50.5 Å². The number of hydrogen-bond donors (Lipinski definition) is 1. The summed E-state index contributed by atoms with van der Waals surface area (Å²) in [5, 5.41) is 9.99. The first-order valence-electron chi connectivity index (χ1n) is 5.93. The van der Waals surface area contributed by atoms with Gasteiger partial charge in [-0.1, -0.05) is 12.1 Å². The zero-order valence-electron chi connectivity index (χ0n) is 11.1. The Morgan fingerprint density at radius 3 is 2.42 bits per heavy atom. The first-order valence-corrected chi connectivity index (χ1v) is 5.93. The molecule has 6 heteroatoms. The minimum absolute atomic E-state index is 0.0821. The second-order valence-electron chi connectivity index (χ2n) is 4.22. The van der Waals surface area contributed by atoms with Crippen LogP contribution < -0.4 is 4.74 Å². The molecule has 0 heterocycles. The Hall–Kier alpha value is -1.24. The third-order valence-corrected chi connectivity index (χ3v) is 2.65. The van der Waals surface area contributed by atoms with Crippen LogP contribution in [-0.2, 0) is 4.74 Å². The van der Waals surface area contributed by atoms with Gasteiger partial charge in [-0.05, 0) is 24.7 Å². The van der Waals surface area contributed by atoms with Crippen LogP contribution in [0.2, 0.25) is 0 Å². The molecule has 19 heavy (non-hydrogen) atoms. The van der Waals surface area contributed by atoms with Crippen molar-refractivity contribution in [1.82, 2.24) is 4.90 Å². The zero-order valence-corrected chi connectivity index (χ0v) is 11.1. The molecule has 0 radical (unpaired) electrons. The fraction of sp³-hybridized carbons (Fsp3) is 0.538. The van der Waals surface area contributed by atoms with Gasteiger partial charge in [0.05, 0.1) is 12.7 Å². The molecule has 1 N–H and O–H groups in total. The van der Waals surface area contributed by atoms with Gasteiger partial charge in [-0.3, -0.25) is 0 Å². The first-order chi connectivity index (χ1) is 9.02. The summed E-state index contributed by atoms with van der Waals surface area (Å²) in [6, 6.07) is 5.98. The molecular weight excluding hydrogens is 256 g/mol. The van der Waals surface area contributed by atoms with E-state index in [1.54, 1.807) is 19.2 Å². The molecule has 0 aliphatic carbocycles. The number of halogens is 2. The lowest BCUT2D eigenvalue weighted by Crippen LogP contribution is -2.27. The van der Waals surface area contributed by atoms with E-state index < -0.39 is 12.7 Å². The van der Waals surface area contributed by atoms with E-state index in [4.69, 9.17) is 4.74 Å². The van der Waals surface area contributed by atoms with E-state index >= 15 is 0 Å². The first kappa shape index (κ1) is 15.8. The van der Waals surface area contributed by atoms with Gasteiger partial charge in [0.2, 0.25) is 0 Å². The smallest absolute Gasteiger partial charge is 0.387 e. The van der Waals surface area contributed by atoms with Crippen LogP contribution in [0.25, 0.3) is 0 Å². The van der Waals surface area contributed by atoms with Gasteiger partial charge in [0, 0.05) is 20.2 Å². The molecule has 1 aromatic rings. The highest BCUT2D eigenvalue weighted by molar-refractivity contribution is 5.28. The van der Waals surface area contributed by atoms with Crippen molar-refractivity contribution in [3.05, 3.63) is 29.8 Å². The van der Waals surface area contributed by atoms with E-state index in [0.717, 1.165) is 0 Å². The lowest BCUT2D eigenvalue weighted by Gasteiger charge is -2.20. The number of likely N-dealkylation sites (N-methyl/N-ethyl adjacent to an activating group) is 1. The summed E-state index contributed by atoms with van der Waals surface area (Å²) >= 11 is 0. The Morgan fingerprint density at radius 1 is 1.26 bits per heavy atom. The van der Waals surface area contributed by atoms with Crippen LogP contribution in [0.1, 0.15) is 11.7 Å². The SMILES string of the molecule is COCCN(C)CC(O)c1ccc(OC(F)F)cc1. The Kier molecular flexibility index (Phi) is 6.69. The maximum Gasteiger partial charge on any atom is 0.387 e. The highest BCUT2D eigenvalue weighted by Gasteiger charge is 2.11. The van der Waals surface area contributed by atoms with Crippen LogP contribution in [0, 0.1) is 0 Å². The summed E-state index contributed by atoms with van der Waals surface area (Å²) < 4.78 is 33.1. The molecule has 1 rings (SSSR count). The van der Waals surface area contributed by atoms with E-state index in [1.807, 2.05) is 11.9 Å². The minimum Gasteiger partial charge on any atom is -0.435 e. The van der Waals surface area contributed by atoms with E-state index in [1.165, 1.54) is 12.1 Å². The Balaban J connectivity index is 2.50. The number of alkyl halides is 2. The van der Waals surface area contributed by atoms with Crippen molar-refractivity contribution in [1.29, 1.82) is 0 Å². The van der Waals surface area contributed by atoms with Gasteiger partial charge in [0.15, 0.2) is 0 Å². The van der Waals surface area contributed by atoms with Crippen molar-refractivity contribution in [3.8, 4) is 5.75 Å². The number of ether oxygens (including phenoxy) is 2. The molecule has 1 unspecified atom stereocenters. The lowest BCUT2D eigenvalue weighted by molar-refractivity contribution is -0.0498. The van der Waals surface area contributed by atoms with E-state index in [0.29, 0.717) is 25.3 Å². The number of benzene rings is 1. The van der Waals surface area contributed by atoms with Gasteiger partial charge in [-0.15, -0.1) is 0 Å². The molecule has 108 valence electrons. The van der Waals surface area contributed by atoms with Gasteiger partial charge >= 0.3 is 6.61 Å². The molecule has 0 spiro atoms. The summed E-state index contributed by atoms with van der Waals surface area (Å²) in [7, 11) is 3.49. The summed E-state index contributed by atoms with van der Waals surface area (Å²) in [6.45, 7) is -1.10. The predicted octanol–water partition coefficient (Wildman–Crippen LogP) is 1.90. The lowest BCUT2D eigenvalue weighted by atomic mass is 10.1. The zero-order chi connectivity index (χ0) is 14.3. The normalized spacial score (nSPS) is 13.0. The molecule has 4 nitrogen and oxygen atoms in total. The topological polar surface area (TPSA) is 41.9 Å². The van der Waals surface area contributed by atoms with Crippen LogP contribution in [0.15, 0.2) is 24.3 Å². The van der Waals surface area contributed by atoms with Crippen LogP contribution in [0.5, 0.6) is 5.75 Å². The van der Waals surface area contributed by atoms with E-state index in [2.05, 4.69) is 4.74 Å². The van der Waals surface area contributed by atoms with Crippen molar-refractivity contribution >= 4 is 0 Å². The molecular formula is C13H19F2NO3. The summed E-state index contributed by atoms with van der Waals surface area (Å²) in [5.74, 6) is 0.0821. The van der Waals surface area contributed by atoms with Gasteiger partial charge in [-0.2, -0.15) is 8.78 Å². The third kappa shape index (κ3) is 5.96. The Bertz CT molecular complexity index is 359. The second-order valence-corrected chi connectivity index (χ2v) is 4.22. The minimum atomic E-state index is -2.84. The van der Waals surface area contributed by atoms with Gasteiger partial charge in [0.25, 0.3) is 0 Å². The number of aliphatic hydroxyl groups is 1. The van der Waals surface area contributed by atoms with Crippen LogP contribution in [0.3, 0.4) is 0 Å². The summed E-state index contributed by atoms with van der Waals surface area (Å²) in [5.41, 5.74) is 0.658. The molecule has 0 saturated heterocycles. The molecule has 0 amide bonds. The Morgan fingerprint density at radius 2 is 1.89 bits per heavy atom. The third-order valence-electron chi connectivity index (χ3n) is 2.65. The molecule has 0 saturated carbocycles. The van der Waals surface area contributed by atoms with Crippen LogP contribution >= 0.6 is 0 Å². The number of hydrogen-bond acceptors (Lipinski definition) is 4. The second kappa shape index (κ2) is 8.04. The molecule has 0 fully saturated rings. The van der Waals surface area contributed by atoms with Gasteiger partial charge < -0.3 is 19.5 Å². The predicted molar refractivity (Wildman–Crippen MR) is 67.4 cm³/mol. The quantitative estimate of drug-likeness (QED) is 0.787. The van der Waals surface area contributed by atoms with Crippen molar-refractivity contribution in [3.63, 3.8) is 0 Å². The highest BCUT2D eigenvalue weighted by Crippen LogP contribution is 2.19. The van der Waals surface area contributed by atoms with E-state index in [-0.39, 0.29) is 5.75 Å². The number of rotatable bonds is 8. The largest absolute Gasteiger partial charge is 0.435 e. The van der Waals surface area contributed by atoms with Crippen molar-refractivity contribution in [2.45, 2.75) is 12.7 Å². The highest BCUT2D eigenvalue weighted by atomic mass is 19.3. The average molecular weight is 275 g/mol. The molecule has 0 aliphatic rings. The summed E-state index contributed by atoms with van der Waals surface area (Å²) in [6.07, 6.45) is -0.678. The van der Waals surface area contributed by atoms with Gasteiger partial charge in [-0.25, -0.2) is 0 Å². The van der Waals surface area contributed by atoms with Crippen molar-refractivity contribution in [2.75, 3.05) is 33.9 Å².